The van der Waals surface area contributed by atoms with E-state index in [0.29, 0.717) is 16.4 Å². The Hall–Kier alpha value is -3.40. The van der Waals surface area contributed by atoms with Crippen molar-refractivity contribution in [2.45, 2.75) is 12.0 Å². The summed E-state index contributed by atoms with van der Waals surface area (Å²) in [6.45, 7) is 0.454. The molecule has 1 fully saturated rings. The van der Waals surface area contributed by atoms with Crippen LogP contribution in [0, 0.1) is 0 Å². The molecule has 8 nitrogen and oxygen atoms in total. The van der Waals surface area contributed by atoms with Gasteiger partial charge in [-0.1, -0.05) is 23.7 Å². The monoisotopic (exact) mass is 505 g/mol. The highest BCUT2D eigenvalue weighted by Crippen LogP contribution is 2.48. The predicted molar refractivity (Wildman–Crippen MR) is 134 cm³/mol. The van der Waals surface area contributed by atoms with Gasteiger partial charge in [0, 0.05) is 59.4 Å². The molecule has 6 rings (SSSR count). The molecular weight excluding hydrogens is 486 g/mol. The number of fused-ring (bicyclic) bond motifs is 3. The van der Waals surface area contributed by atoms with E-state index in [2.05, 4.69) is 9.97 Å². The third-order valence-electron chi connectivity index (χ3n) is 6.81. The molecule has 0 atom stereocenters. The summed E-state index contributed by atoms with van der Waals surface area (Å²) in [5.41, 5.74) is 3.03. The summed E-state index contributed by atoms with van der Waals surface area (Å²) in [5, 5.41) is 2.45. The molecule has 0 unspecified atom stereocenters. The number of aromatic nitrogens is 3. The van der Waals surface area contributed by atoms with E-state index in [-0.39, 0.29) is 25.5 Å². The Bertz CT molecular complexity index is 1600. The van der Waals surface area contributed by atoms with Gasteiger partial charge in [-0.15, -0.1) is 0 Å². The highest BCUT2D eigenvalue weighted by Gasteiger charge is 2.60. The van der Waals surface area contributed by atoms with Crippen molar-refractivity contribution in [3.8, 4) is 11.1 Å². The van der Waals surface area contributed by atoms with Crippen LogP contribution in [0.25, 0.3) is 21.9 Å². The number of carbonyl (C=O) groups excluding carboxylic acids is 1. The third kappa shape index (κ3) is 3.42. The Morgan fingerprint density at radius 1 is 1.06 bits per heavy atom. The van der Waals surface area contributed by atoms with Gasteiger partial charge < -0.3 is 4.90 Å². The molecule has 0 radical (unpaired) electrons. The van der Waals surface area contributed by atoms with E-state index in [0.717, 1.165) is 33.7 Å². The minimum Gasteiger partial charge on any atom is -0.304 e. The second-order valence-electron chi connectivity index (χ2n) is 8.95. The van der Waals surface area contributed by atoms with Crippen LogP contribution in [0.3, 0.4) is 0 Å². The molecule has 2 aliphatic heterocycles. The number of hydrogen-bond donors (Lipinski definition) is 0. The van der Waals surface area contributed by atoms with Gasteiger partial charge in [0.25, 0.3) is 0 Å². The molecule has 1 aromatic carbocycles. The Morgan fingerprint density at radius 2 is 1.86 bits per heavy atom. The van der Waals surface area contributed by atoms with Gasteiger partial charge in [0.05, 0.1) is 30.4 Å². The van der Waals surface area contributed by atoms with Crippen molar-refractivity contribution in [2.75, 3.05) is 24.2 Å². The Kier molecular flexibility index (Phi) is 4.93. The number of nitrogens with zero attached hydrogens (tertiary/aromatic N) is 5. The van der Waals surface area contributed by atoms with Gasteiger partial charge in [0.1, 0.15) is 5.41 Å². The summed E-state index contributed by atoms with van der Waals surface area (Å²) in [5.74, 6) is -0.143. The number of sulfonamides is 1. The lowest BCUT2D eigenvalue weighted by atomic mass is 9.76. The average molecular weight is 506 g/mol. The zero-order chi connectivity index (χ0) is 24.4. The minimum absolute atomic E-state index is 0.122. The molecule has 10 heteroatoms. The molecule has 176 valence electrons. The molecule has 2 aliphatic rings. The van der Waals surface area contributed by atoms with Crippen LogP contribution in [0.15, 0.2) is 67.4 Å². The van der Waals surface area contributed by atoms with Crippen molar-refractivity contribution >= 4 is 44.0 Å². The molecule has 0 aliphatic carbocycles. The minimum atomic E-state index is -3.39. The number of halogens is 1. The fourth-order valence-corrected chi connectivity index (χ4v) is 6.17. The van der Waals surface area contributed by atoms with Crippen LogP contribution < -0.4 is 4.90 Å². The fourth-order valence-electron chi connectivity index (χ4n) is 5.08. The summed E-state index contributed by atoms with van der Waals surface area (Å²) in [4.78, 5) is 28.7. The van der Waals surface area contributed by atoms with Crippen molar-refractivity contribution in [3.05, 3.63) is 83.7 Å². The van der Waals surface area contributed by atoms with E-state index in [1.54, 1.807) is 35.9 Å². The fraction of sp³-hybridized carbons (Fsp3) is 0.200. The van der Waals surface area contributed by atoms with Crippen LogP contribution in [-0.4, -0.2) is 52.9 Å². The van der Waals surface area contributed by atoms with Crippen LogP contribution in [-0.2, 0) is 26.8 Å². The number of pyridine rings is 3. The van der Waals surface area contributed by atoms with Gasteiger partial charge in [-0.25, -0.2) is 8.42 Å². The number of amides is 1. The maximum absolute atomic E-state index is 13.8. The molecule has 1 amide bonds. The standard InChI is InChI=1S/C25H20ClN5O3S/c1-35(33,34)30-14-25(15-30)20-6-8-28-12-22(20)31(24(25)32)13-21-23(16-3-2-7-27-10-16)19-5-4-18(26)9-17(19)11-29-21/h2-12H,13-15H2,1H3. The van der Waals surface area contributed by atoms with E-state index in [1.165, 1.54) is 4.31 Å². The highest BCUT2D eigenvalue weighted by molar-refractivity contribution is 7.88. The van der Waals surface area contributed by atoms with Crippen LogP contribution >= 0.6 is 11.6 Å². The Balaban J connectivity index is 1.46. The van der Waals surface area contributed by atoms with E-state index in [4.69, 9.17) is 16.6 Å². The van der Waals surface area contributed by atoms with Crippen molar-refractivity contribution in [2.24, 2.45) is 0 Å². The molecule has 0 N–H and O–H groups in total. The van der Waals surface area contributed by atoms with E-state index in [9.17, 15) is 13.2 Å². The summed E-state index contributed by atoms with van der Waals surface area (Å²) >= 11 is 6.22. The number of benzene rings is 1. The van der Waals surface area contributed by atoms with Crippen LogP contribution in [0.1, 0.15) is 11.3 Å². The third-order valence-corrected chi connectivity index (χ3v) is 8.24. The van der Waals surface area contributed by atoms with Crippen molar-refractivity contribution < 1.29 is 13.2 Å². The quantitative estimate of drug-likeness (QED) is 0.422. The SMILES string of the molecule is CS(=O)(=O)N1CC2(C1)C(=O)N(Cc1ncc3cc(Cl)ccc3c1-c1cccnc1)c1cnccc12. The lowest BCUT2D eigenvalue weighted by molar-refractivity contribution is -0.127. The molecule has 3 aromatic heterocycles. The summed E-state index contributed by atoms with van der Waals surface area (Å²) in [7, 11) is -3.39. The van der Waals surface area contributed by atoms with Crippen LogP contribution in [0.4, 0.5) is 5.69 Å². The first-order chi connectivity index (χ1) is 16.8. The number of anilines is 1. The Morgan fingerprint density at radius 3 is 2.60 bits per heavy atom. The highest BCUT2D eigenvalue weighted by atomic mass is 35.5. The van der Waals surface area contributed by atoms with Gasteiger partial charge in [-0.05, 0) is 35.2 Å². The first-order valence-electron chi connectivity index (χ1n) is 11.0. The molecule has 1 spiro atoms. The lowest BCUT2D eigenvalue weighted by Crippen LogP contribution is -2.64. The van der Waals surface area contributed by atoms with Crippen molar-refractivity contribution in [3.63, 3.8) is 0 Å². The predicted octanol–water partition coefficient (Wildman–Crippen LogP) is 3.41. The smallest absolute Gasteiger partial charge is 0.240 e. The normalized spacial score (nSPS) is 17.1. The largest absolute Gasteiger partial charge is 0.304 e. The maximum atomic E-state index is 13.8. The summed E-state index contributed by atoms with van der Waals surface area (Å²) < 4.78 is 25.4. The second-order valence-corrected chi connectivity index (χ2v) is 11.4. The summed E-state index contributed by atoms with van der Waals surface area (Å²) in [6, 6.07) is 11.3. The molecular formula is C25H20ClN5O3S. The van der Waals surface area contributed by atoms with Crippen LogP contribution in [0.2, 0.25) is 5.02 Å². The molecule has 0 bridgehead atoms. The summed E-state index contributed by atoms with van der Waals surface area (Å²) in [6.07, 6.45) is 9.70. The number of rotatable bonds is 4. The van der Waals surface area contributed by atoms with Gasteiger partial charge in [-0.3, -0.25) is 19.7 Å². The first kappa shape index (κ1) is 22.1. The Labute approximate surface area is 207 Å². The first-order valence-corrected chi connectivity index (χ1v) is 13.2. The van der Waals surface area contributed by atoms with Gasteiger partial charge in [-0.2, -0.15) is 4.31 Å². The topological polar surface area (TPSA) is 96.4 Å². The molecule has 1 saturated heterocycles. The molecule has 0 saturated carbocycles. The second kappa shape index (κ2) is 7.81. The lowest BCUT2D eigenvalue weighted by Gasteiger charge is -2.45. The van der Waals surface area contributed by atoms with E-state index < -0.39 is 15.4 Å². The van der Waals surface area contributed by atoms with Crippen molar-refractivity contribution in [1.82, 2.24) is 19.3 Å². The zero-order valence-corrected chi connectivity index (χ0v) is 20.3. The van der Waals surface area contributed by atoms with Gasteiger partial charge in [0.2, 0.25) is 15.9 Å². The number of hydrogen-bond acceptors (Lipinski definition) is 6. The van der Waals surface area contributed by atoms with E-state index in [1.807, 2.05) is 36.4 Å². The maximum Gasteiger partial charge on any atom is 0.240 e. The van der Waals surface area contributed by atoms with Crippen molar-refractivity contribution in [1.29, 1.82) is 0 Å². The molecule has 5 heterocycles. The number of carbonyl (C=O) groups is 1. The van der Waals surface area contributed by atoms with Gasteiger partial charge >= 0.3 is 0 Å². The molecule has 4 aromatic rings. The zero-order valence-electron chi connectivity index (χ0n) is 18.7. The van der Waals surface area contributed by atoms with Crippen LogP contribution in [0.5, 0.6) is 0 Å². The van der Waals surface area contributed by atoms with Gasteiger partial charge in [0.15, 0.2) is 0 Å². The van der Waals surface area contributed by atoms with E-state index >= 15 is 0 Å². The molecule has 35 heavy (non-hydrogen) atoms. The average Bonchev–Trinajstić information content (AvgIpc) is 3.06.